The van der Waals surface area contributed by atoms with E-state index in [9.17, 15) is 4.39 Å². The zero-order chi connectivity index (χ0) is 10.8. The van der Waals surface area contributed by atoms with Crippen LogP contribution in [0.1, 0.15) is 11.7 Å². The highest BCUT2D eigenvalue weighted by Gasteiger charge is 2.16. The molecule has 1 atom stereocenters. The normalized spacial score (nSPS) is 13.0. The van der Waals surface area contributed by atoms with Crippen LogP contribution in [0.25, 0.3) is 10.9 Å². The van der Waals surface area contributed by atoms with Crippen LogP contribution in [0.3, 0.4) is 0 Å². The summed E-state index contributed by atoms with van der Waals surface area (Å²) in [5.74, 6) is 0. The number of fused-ring (bicyclic) bond motifs is 1. The number of hydrogen-bond donors (Lipinski definition) is 1. The van der Waals surface area contributed by atoms with Gasteiger partial charge in [0.25, 0.3) is 0 Å². The molecule has 2 aromatic rings. The van der Waals surface area contributed by atoms with Crippen molar-refractivity contribution in [2.24, 2.45) is 5.73 Å². The Labute approximate surface area is 91.9 Å². The van der Waals surface area contributed by atoms with Crippen molar-refractivity contribution >= 4 is 22.5 Å². The second-order valence-corrected chi connectivity index (χ2v) is 3.65. The number of pyridine rings is 1. The molecule has 2 rings (SSSR count). The van der Waals surface area contributed by atoms with E-state index < -0.39 is 6.17 Å². The summed E-state index contributed by atoms with van der Waals surface area (Å²) >= 11 is 5.94. The van der Waals surface area contributed by atoms with Crippen molar-refractivity contribution in [1.82, 2.24) is 4.98 Å². The van der Waals surface area contributed by atoms with Crippen LogP contribution in [0.5, 0.6) is 0 Å². The van der Waals surface area contributed by atoms with Gasteiger partial charge in [-0.15, -0.1) is 0 Å². The first kappa shape index (κ1) is 10.3. The molecule has 0 radical (unpaired) electrons. The zero-order valence-corrected chi connectivity index (χ0v) is 8.71. The van der Waals surface area contributed by atoms with Crippen LogP contribution in [0.15, 0.2) is 30.5 Å². The Bertz CT molecular complexity index is 487. The minimum absolute atomic E-state index is 0.0879. The number of nitrogens with two attached hydrogens (primary N) is 1. The SMILES string of the molecule is NCC(F)c1c(Cl)ccc2cccnc12. The minimum Gasteiger partial charge on any atom is -0.327 e. The van der Waals surface area contributed by atoms with Crippen molar-refractivity contribution in [2.45, 2.75) is 6.17 Å². The van der Waals surface area contributed by atoms with E-state index in [1.165, 1.54) is 0 Å². The zero-order valence-electron chi connectivity index (χ0n) is 7.95. The molecule has 1 unspecified atom stereocenters. The summed E-state index contributed by atoms with van der Waals surface area (Å²) in [5, 5.41) is 1.24. The van der Waals surface area contributed by atoms with Gasteiger partial charge < -0.3 is 5.73 Å². The fourth-order valence-corrected chi connectivity index (χ4v) is 1.83. The highest BCUT2D eigenvalue weighted by atomic mass is 35.5. The van der Waals surface area contributed by atoms with Gasteiger partial charge in [0, 0.05) is 28.7 Å². The Morgan fingerprint density at radius 1 is 1.40 bits per heavy atom. The fourth-order valence-electron chi connectivity index (χ4n) is 1.56. The van der Waals surface area contributed by atoms with Crippen LogP contribution < -0.4 is 5.73 Å². The summed E-state index contributed by atoms with van der Waals surface area (Å²) in [5.41, 5.74) is 6.27. The van der Waals surface area contributed by atoms with Gasteiger partial charge in [-0.1, -0.05) is 23.7 Å². The molecule has 0 bridgehead atoms. The van der Waals surface area contributed by atoms with Crippen molar-refractivity contribution in [3.05, 3.63) is 41.0 Å². The summed E-state index contributed by atoms with van der Waals surface area (Å²) in [6.07, 6.45) is 0.349. The third kappa shape index (κ3) is 1.80. The van der Waals surface area contributed by atoms with Crippen LogP contribution in [0.4, 0.5) is 4.39 Å². The molecule has 1 aromatic carbocycles. The molecular formula is C11H10ClFN2. The quantitative estimate of drug-likeness (QED) is 0.852. The van der Waals surface area contributed by atoms with Gasteiger partial charge >= 0.3 is 0 Å². The van der Waals surface area contributed by atoms with Crippen LogP contribution >= 0.6 is 11.6 Å². The molecule has 1 heterocycles. The third-order valence-corrected chi connectivity index (χ3v) is 2.61. The Morgan fingerprint density at radius 2 is 2.20 bits per heavy atom. The molecule has 2 N–H and O–H groups in total. The molecule has 0 aliphatic carbocycles. The van der Waals surface area contributed by atoms with E-state index in [1.54, 1.807) is 18.3 Å². The molecule has 0 aliphatic rings. The predicted molar refractivity (Wildman–Crippen MR) is 59.7 cm³/mol. The largest absolute Gasteiger partial charge is 0.327 e. The molecule has 0 aliphatic heterocycles. The lowest BCUT2D eigenvalue weighted by Crippen LogP contribution is -2.09. The van der Waals surface area contributed by atoms with Crippen molar-refractivity contribution in [3.8, 4) is 0 Å². The third-order valence-electron chi connectivity index (χ3n) is 2.28. The monoisotopic (exact) mass is 224 g/mol. The van der Waals surface area contributed by atoms with Gasteiger partial charge in [0.05, 0.1) is 5.52 Å². The van der Waals surface area contributed by atoms with Gasteiger partial charge in [-0.05, 0) is 12.1 Å². The number of benzene rings is 1. The highest BCUT2D eigenvalue weighted by molar-refractivity contribution is 6.32. The van der Waals surface area contributed by atoms with Crippen LogP contribution in [-0.4, -0.2) is 11.5 Å². The van der Waals surface area contributed by atoms with E-state index in [0.29, 0.717) is 16.1 Å². The molecule has 4 heteroatoms. The van der Waals surface area contributed by atoms with Gasteiger partial charge in [-0.2, -0.15) is 0 Å². The van der Waals surface area contributed by atoms with Crippen LogP contribution in [0, 0.1) is 0 Å². The summed E-state index contributed by atoms with van der Waals surface area (Å²) in [6.45, 7) is -0.0879. The molecule has 0 saturated carbocycles. The molecule has 1 aromatic heterocycles. The molecule has 0 saturated heterocycles. The number of alkyl halides is 1. The van der Waals surface area contributed by atoms with E-state index in [4.69, 9.17) is 17.3 Å². The average Bonchev–Trinajstić information content (AvgIpc) is 2.28. The van der Waals surface area contributed by atoms with Gasteiger partial charge in [-0.25, -0.2) is 4.39 Å². The molecule has 2 nitrogen and oxygen atoms in total. The second kappa shape index (κ2) is 4.13. The lowest BCUT2D eigenvalue weighted by molar-refractivity contribution is 0.355. The fraction of sp³-hybridized carbons (Fsp3) is 0.182. The first-order chi connectivity index (χ1) is 7.24. The molecule has 0 fully saturated rings. The lowest BCUT2D eigenvalue weighted by Gasteiger charge is -2.10. The Balaban J connectivity index is 2.74. The number of hydrogen-bond acceptors (Lipinski definition) is 2. The predicted octanol–water partition coefficient (Wildman–Crippen LogP) is 2.86. The van der Waals surface area contributed by atoms with Gasteiger partial charge in [0.15, 0.2) is 0 Å². The number of halogens is 2. The van der Waals surface area contributed by atoms with Crippen LogP contribution in [-0.2, 0) is 0 Å². The summed E-state index contributed by atoms with van der Waals surface area (Å²) in [6, 6.07) is 7.15. The van der Waals surface area contributed by atoms with Crippen LogP contribution in [0.2, 0.25) is 5.02 Å². The summed E-state index contributed by atoms with van der Waals surface area (Å²) < 4.78 is 13.6. The number of aromatic nitrogens is 1. The molecular weight excluding hydrogens is 215 g/mol. The maximum absolute atomic E-state index is 13.6. The van der Waals surface area contributed by atoms with Crippen molar-refractivity contribution in [3.63, 3.8) is 0 Å². The van der Waals surface area contributed by atoms with E-state index in [-0.39, 0.29) is 6.54 Å². The lowest BCUT2D eigenvalue weighted by atomic mass is 10.1. The Hall–Kier alpha value is -1.19. The van der Waals surface area contributed by atoms with Gasteiger partial charge in [-0.3, -0.25) is 4.98 Å². The standard InChI is InChI=1S/C11H10ClFN2/c12-8-4-3-7-2-1-5-15-11(7)10(8)9(13)6-14/h1-5,9H,6,14H2. The van der Waals surface area contributed by atoms with Gasteiger partial charge in [0.2, 0.25) is 0 Å². The van der Waals surface area contributed by atoms with E-state index in [1.807, 2.05) is 12.1 Å². The molecule has 15 heavy (non-hydrogen) atoms. The smallest absolute Gasteiger partial charge is 0.141 e. The molecule has 0 amide bonds. The summed E-state index contributed by atoms with van der Waals surface area (Å²) in [7, 11) is 0. The highest BCUT2D eigenvalue weighted by Crippen LogP contribution is 2.31. The topological polar surface area (TPSA) is 38.9 Å². The average molecular weight is 225 g/mol. The van der Waals surface area contributed by atoms with Crippen molar-refractivity contribution in [1.29, 1.82) is 0 Å². The maximum atomic E-state index is 13.6. The van der Waals surface area contributed by atoms with E-state index in [2.05, 4.69) is 4.98 Å². The van der Waals surface area contributed by atoms with Crippen molar-refractivity contribution in [2.75, 3.05) is 6.54 Å². The minimum atomic E-state index is -1.27. The van der Waals surface area contributed by atoms with E-state index >= 15 is 0 Å². The summed E-state index contributed by atoms with van der Waals surface area (Å²) in [4.78, 5) is 4.13. The first-order valence-electron chi connectivity index (χ1n) is 4.61. The first-order valence-corrected chi connectivity index (χ1v) is 4.99. The second-order valence-electron chi connectivity index (χ2n) is 3.24. The van der Waals surface area contributed by atoms with Gasteiger partial charge in [0.1, 0.15) is 6.17 Å². The number of nitrogens with zero attached hydrogens (tertiary/aromatic N) is 1. The molecule has 0 spiro atoms. The van der Waals surface area contributed by atoms with E-state index in [0.717, 1.165) is 5.39 Å². The Kier molecular flexibility index (Phi) is 2.84. The molecule has 78 valence electrons. The van der Waals surface area contributed by atoms with Crippen molar-refractivity contribution < 1.29 is 4.39 Å². The Morgan fingerprint density at radius 3 is 2.93 bits per heavy atom. The number of rotatable bonds is 2. The maximum Gasteiger partial charge on any atom is 0.141 e.